The molecule has 0 saturated carbocycles. The predicted molar refractivity (Wildman–Crippen MR) is 24.6 cm³/mol. The maximum Gasteiger partial charge on any atom is 1.00 e. The van der Waals surface area contributed by atoms with Gasteiger partial charge in [0, 0.05) is 20.8 Å². The summed E-state index contributed by atoms with van der Waals surface area (Å²) < 4.78 is 68.2. The first kappa shape index (κ1) is 29.7. The molecule has 13 heavy (non-hydrogen) atoms. The van der Waals surface area contributed by atoms with E-state index in [1.807, 2.05) is 0 Å². The minimum absolute atomic E-state index is 0. The fourth-order valence-corrected chi connectivity index (χ4v) is 0. The molecule has 0 rings (SSSR count). The van der Waals surface area contributed by atoms with Gasteiger partial charge in [-0.15, -0.1) is 0 Å². The Labute approximate surface area is 160 Å². The second-order valence-electron chi connectivity index (χ2n) is 0.816. The van der Waals surface area contributed by atoms with Crippen LogP contribution in [0, 0.1) is 0 Å². The molecule has 0 heterocycles. The number of hydrogen-bond donors (Lipinski definition) is 0. The maximum absolute atomic E-state index is 8.52. The summed E-state index contributed by atoms with van der Waals surface area (Å²) in [6.45, 7) is 0. The molecule has 0 amide bonds. The molecule has 0 aromatic heterocycles. The molecule has 0 aliphatic heterocycles. The Balaban J connectivity index is -0.0000000267. The van der Waals surface area contributed by atoms with E-state index in [1.165, 1.54) is 0 Å². The van der Waals surface area contributed by atoms with Crippen molar-refractivity contribution >= 4 is 20.8 Å². The van der Waals surface area contributed by atoms with Crippen LogP contribution in [-0.2, 0) is 20.8 Å². The van der Waals surface area contributed by atoms with Crippen molar-refractivity contribution in [2.45, 2.75) is 0 Å². The van der Waals surface area contributed by atoms with Crippen molar-refractivity contribution in [2.24, 2.45) is 0 Å². The summed E-state index contributed by atoms with van der Waals surface area (Å²) in [5.41, 5.74) is 0. The fraction of sp³-hybridized carbons (Fsp3) is 0. The monoisotopic (exact) mass is 288 g/mol. The second kappa shape index (κ2) is 13.0. The van der Waals surface area contributed by atoms with Gasteiger partial charge in [0.1, 0.15) is 0 Å². The molecule has 9 nitrogen and oxygen atoms in total. The van der Waals surface area contributed by atoms with Crippen molar-refractivity contribution in [2.75, 3.05) is 0 Å². The van der Waals surface area contributed by atoms with Crippen LogP contribution in [0.2, 0.25) is 0 Å². The zero-order chi connectivity index (χ0) is 9.00. The SMILES string of the molecule is O.O=S(=O)([O-])[O-].O=S(=O)([O-])[O-].[K+].[K+]. The van der Waals surface area contributed by atoms with Crippen LogP contribution in [0.1, 0.15) is 0 Å². The Hall–Kier alpha value is 2.97. The summed E-state index contributed by atoms with van der Waals surface area (Å²) in [7, 11) is -10.3. The smallest absolute Gasteiger partial charge is 0.759 e. The number of hydrogen-bond acceptors (Lipinski definition) is 8. The second-order valence-corrected chi connectivity index (χ2v) is 2.45. The van der Waals surface area contributed by atoms with E-state index >= 15 is 0 Å². The van der Waals surface area contributed by atoms with Crippen LogP contribution in [-0.4, -0.2) is 40.5 Å². The Bertz CT molecular complexity index is 212. The van der Waals surface area contributed by atoms with Gasteiger partial charge in [-0.05, 0) is 0 Å². The first-order valence-corrected chi connectivity index (χ1v) is 4.00. The Kier molecular flexibility index (Phi) is 29.8. The zero-order valence-electron chi connectivity index (χ0n) is 6.58. The molecule has 0 aliphatic carbocycles. The third-order valence-electron chi connectivity index (χ3n) is 0. The van der Waals surface area contributed by atoms with Crippen LogP contribution in [0.15, 0.2) is 0 Å². The third kappa shape index (κ3) is 285. The molecule has 2 N–H and O–H groups in total. The van der Waals surface area contributed by atoms with Crippen molar-refractivity contribution in [1.82, 2.24) is 0 Å². The van der Waals surface area contributed by atoms with E-state index in [0.29, 0.717) is 0 Å². The van der Waals surface area contributed by atoms with Crippen molar-refractivity contribution < 1.29 is 143 Å². The van der Waals surface area contributed by atoms with Gasteiger partial charge in [0.15, 0.2) is 0 Å². The maximum atomic E-state index is 8.52. The van der Waals surface area contributed by atoms with Crippen molar-refractivity contribution in [3.8, 4) is 0 Å². The van der Waals surface area contributed by atoms with E-state index in [2.05, 4.69) is 0 Å². The van der Waals surface area contributed by atoms with E-state index in [9.17, 15) is 0 Å². The molecule has 0 aromatic carbocycles. The molecule has 0 atom stereocenters. The summed E-state index contributed by atoms with van der Waals surface area (Å²) in [6.07, 6.45) is 0. The summed E-state index contributed by atoms with van der Waals surface area (Å²) in [5, 5.41) is 0. The molecule has 0 bridgehead atoms. The Morgan fingerprint density at radius 2 is 0.615 bits per heavy atom. The molecule has 0 saturated heterocycles. The van der Waals surface area contributed by atoms with Crippen LogP contribution in [0.25, 0.3) is 0 Å². The van der Waals surface area contributed by atoms with Gasteiger partial charge in [0.05, 0.1) is 0 Å². The molecule has 13 heteroatoms. The minimum Gasteiger partial charge on any atom is -0.759 e. The van der Waals surface area contributed by atoms with Crippen LogP contribution in [0.3, 0.4) is 0 Å². The topological polar surface area (TPSA) is 192 Å². The van der Waals surface area contributed by atoms with Gasteiger partial charge < -0.3 is 23.7 Å². The Morgan fingerprint density at radius 3 is 0.615 bits per heavy atom. The van der Waals surface area contributed by atoms with Gasteiger partial charge in [0.2, 0.25) is 0 Å². The average molecular weight is 288 g/mol. The summed E-state index contributed by atoms with van der Waals surface area (Å²) in [6, 6.07) is 0. The van der Waals surface area contributed by atoms with E-state index < -0.39 is 20.8 Å². The fourth-order valence-electron chi connectivity index (χ4n) is 0. The molecule has 0 aromatic rings. The van der Waals surface area contributed by atoms with Crippen molar-refractivity contribution in [3.63, 3.8) is 0 Å². The van der Waals surface area contributed by atoms with Crippen LogP contribution < -0.4 is 103 Å². The molecular weight excluding hydrogens is 286 g/mol. The van der Waals surface area contributed by atoms with Crippen molar-refractivity contribution in [3.05, 3.63) is 0 Å². The van der Waals surface area contributed by atoms with Crippen LogP contribution in [0.4, 0.5) is 0 Å². The largest absolute Gasteiger partial charge is 1.00 e. The van der Waals surface area contributed by atoms with E-state index in [-0.39, 0.29) is 108 Å². The van der Waals surface area contributed by atoms with Gasteiger partial charge >= 0.3 is 103 Å². The van der Waals surface area contributed by atoms with E-state index in [1.54, 1.807) is 0 Å². The summed E-state index contributed by atoms with van der Waals surface area (Å²) in [5.74, 6) is 0. The zero-order valence-corrected chi connectivity index (χ0v) is 14.5. The quantitative estimate of drug-likeness (QED) is 0.238. The summed E-state index contributed by atoms with van der Waals surface area (Å²) in [4.78, 5) is 0. The van der Waals surface area contributed by atoms with E-state index in [4.69, 9.17) is 35.0 Å². The molecule has 0 unspecified atom stereocenters. The first-order chi connectivity index (χ1) is 4.00. The van der Waals surface area contributed by atoms with Crippen molar-refractivity contribution in [1.29, 1.82) is 0 Å². The van der Waals surface area contributed by atoms with Gasteiger partial charge in [-0.25, -0.2) is 0 Å². The van der Waals surface area contributed by atoms with Gasteiger partial charge in [-0.2, -0.15) is 0 Å². The summed E-state index contributed by atoms with van der Waals surface area (Å²) >= 11 is 0. The molecule has 72 valence electrons. The van der Waals surface area contributed by atoms with Crippen LogP contribution >= 0.6 is 0 Å². The standard InChI is InChI=1S/2K.2H2O4S.H2O/c;;2*1-5(2,3)4;/h;;2*(H2,1,2,3,4);1H2/q2*+1;;;/p-4. The van der Waals surface area contributed by atoms with Crippen LogP contribution in [0.5, 0.6) is 0 Å². The Morgan fingerprint density at radius 1 is 0.615 bits per heavy atom. The average Bonchev–Trinajstić information content (AvgIpc) is 1.12. The number of rotatable bonds is 0. The molecule has 0 aliphatic rings. The molecule has 0 spiro atoms. The molecule has 0 radical (unpaired) electrons. The normalized spacial score (nSPS) is 8.92. The predicted octanol–water partition coefficient (Wildman–Crippen LogP) is -9.49. The van der Waals surface area contributed by atoms with E-state index in [0.717, 1.165) is 0 Å². The van der Waals surface area contributed by atoms with Gasteiger partial charge in [0.25, 0.3) is 0 Å². The molecular formula is H2K2O9S2-2. The minimum atomic E-state index is -5.17. The molecule has 0 fully saturated rings. The van der Waals surface area contributed by atoms with Gasteiger partial charge in [-0.1, -0.05) is 0 Å². The third-order valence-corrected chi connectivity index (χ3v) is 0. The first-order valence-electron chi connectivity index (χ1n) is 1.33. The van der Waals surface area contributed by atoms with Gasteiger partial charge in [-0.3, -0.25) is 16.8 Å².